The van der Waals surface area contributed by atoms with Crippen molar-refractivity contribution in [2.24, 2.45) is 5.73 Å². The number of carbonyl (C=O) groups is 1. The van der Waals surface area contributed by atoms with E-state index in [2.05, 4.69) is 6.58 Å². The highest BCUT2D eigenvalue weighted by Crippen LogP contribution is 2.29. The molecule has 24 heavy (non-hydrogen) atoms. The number of fused-ring (bicyclic) bond motifs is 3. The van der Waals surface area contributed by atoms with Gasteiger partial charge in [-0.1, -0.05) is 17.9 Å². The lowest BCUT2D eigenvalue weighted by Gasteiger charge is -2.21. The zero-order valence-electron chi connectivity index (χ0n) is 12.6. The van der Waals surface area contributed by atoms with E-state index >= 15 is 0 Å². The molecule has 3 heterocycles. The van der Waals surface area contributed by atoms with Gasteiger partial charge in [-0.25, -0.2) is 9.18 Å². The van der Waals surface area contributed by atoms with Crippen LogP contribution < -0.4 is 20.7 Å². The van der Waals surface area contributed by atoms with Gasteiger partial charge in [0.05, 0.1) is 21.3 Å². The Hall–Kier alpha value is -2.45. The Morgan fingerprint density at radius 2 is 2.21 bits per heavy atom. The van der Waals surface area contributed by atoms with Crippen molar-refractivity contribution in [3.63, 3.8) is 0 Å². The number of pyridine rings is 1. The van der Waals surface area contributed by atoms with Crippen LogP contribution in [0.2, 0.25) is 0 Å². The molecule has 4 rings (SSSR count). The number of benzene rings is 1. The third-order valence-electron chi connectivity index (χ3n) is 4.44. The number of rotatable bonds is 2. The summed E-state index contributed by atoms with van der Waals surface area (Å²) in [5, 5.41) is 9.35. The first-order chi connectivity index (χ1) is 11.4. The monoisotopic (exact) mass is 347 g/mol. The largest absolute Gasteiger partial charge is 0.477 e. The maximum atomic E-state index is 14.6. The molecule has 0 amide bonds. The van der Waals surface area contributed by atoms with E-state index in [1.807, 2.05) is 4.90 Å². The molecule has 1 aliphatic rings. The summed E-state index contributed by atoms with van der Waals surface area (Å²) in [7, 11) is 0. The van der Waals surface area contributed by atoms with Gasteiger partial charge in [0.25, 0.3) is 0 Å². The fourth-order valence-corrected chi connectivity index (χ4v) is 4.22. The Balaban J connectivity index is 2.06. The number of hydrogen-bond acceptors (Lipinski definition) is 5. The molecule has 0 saturated carbocycles. The summed E-state index contributed by atoms with van der Waals surface area (Å²) in [5.41, 5.74) is 5.72. The van der Waals surface area contributed by atoms with E-state index in [0.29, 0.717) is 33.8 Å². The average Bonchev–Trinajstić information content (AvgIpc) is 2.93. The summed E-state index contributed by atoms with van der Waals surface area (Å²) < 4.78 is 16.8. The summed E-state index contributed by atoms with van der Waals surface area (Å²) in [6.45, 7) is 5.03. The van der Waals surface area contributed by atoms with Gasteiger partial charge in [-0.3, -0.25) is 9.20 Å². The van der Waals surface area contributed by atoms with E-state index in [-0.39, 0.29) is 17.0 Å². The maximum absolute atomic E-state index is 14.6. The van der Waals surface area contributed by atoms with Gasteiger partial charge in [-0.2, -0.15) is 0 Å². The minimum absolute atomic E-state index is 0.00864. The Morgan fingerprint density at radius 3 is 2.79 bits per heavy atom. The van der Waals surface area contributed by atoms with Crippen LogP contribution in [0.4, 0.5) is 10.1 Å². The van der Waals surface area contributed by atoms with Crippen molar-refractivity contribution < 1.29 is 14.3 Å². The fraction of sp³-hybridized carbons (Fsp3) is 0.250. The molecule has 1 atom stereocenters. The minimum Gasteiger partial charge on any atom is -0.477 e. The van der Waals surface area contributed by atoms with Gasteiger partial charge >= 0.3 is 5.97 Å². The lowest BCUT2D eigenvalue weighted by atomic mass is 10.1. The van der Waals surface area contributed by atoms with Crippen molar-refractivity contribution in [3.8, 4) is 0 Å². The summed E-state index contributed by atoms with van der Waals surface area (Å²) in [6, 6.07) is 2.70. The molecule has 0 unspecified atom stereocenters. The number of aromatic carboxylic acids is 1. The molecule has 3 N–H and O–H groups in total. The number of carboxylic acids is 1. The van der Waals surface area contributed by atoms with Gasteiger partial charge < -0.3 is 15.7 Å². The Bertz CT molecular complexity index is 1100. The van der Waals surface area contributed by atoms with Crippen LogP contribution in [0.25, 0.3) is 22.3 Å². The number of anilines is 1. The van der Waals surface area contributed by atoms with Crippen LogP contribution in [-0.2, 0) is 0 Å². The molecule has 0 aliphatic carbocycles. The minimum atomic E-state index is -1.32. The fourth-order valence-electron chi connectivity index (χ4n) is 3.27. The summed E-state index contributed by atoms with van der Waals surface area (Å²) in [5.74, 6) is -1.87. The van der Waals surface area contributed by atoms with Crippen LogP contribution in [0.3, 0.4) is 0 Å². The number of halogens is 1. The predicted molar refractivity (Wildman–Crippen MR) is 91.5 cm³/mol. The van der Waals surface area contributed by atoms with Gasteiger partial charge in [0, 0.05) is 19.1 Å². The number of carboxylic acid groups (broad SMARTS) is 1. The zero-order valence-corrected chi connectivity index (χ0v) is 13.4. The summed E-state index contributed by atoms with van der Waals surface area (Å²) in [4.78, 5) is 26.1. The topological polar surface area (TPSA) is 88.0 Å². The SMILES string of the molecule is C=c1sc2c(C(=O)O)c(=O)c3cc(F)c(N4CC[C@@H](N)C4)cc3n12. The van der Waals surface area contributed by atoms with Crippen LogP contribution in [0, 0.1) is 5.82 Å². The molecule has 124 valence electrons. The molecule has 1 fully saturated rings. The standard InChI is InChI=1S/C16H14FN3O3S/c1-7-20-11-5-12(19-3-2-8(18)6-19)10(17)4-9(11)14(21)13(16(22)23)15(20)24-7/h4-5,8H,1-3,6,18H2,(H,22,23)/t8-/m1/s1. The second-order valence-electron chi connectivity index (χ2n) is 5.96. The molecule has 0 spiro atoms. The second kappa shape index (κ2) is 5.02. The maximum Gasteiger partial charge on any atom is 0.342 e. The van der Waals surface area contributed by atoms with Gasteiger partial charge in [-0.05, 0) is 18.6 Å². The van der Waals surface area contributed by atoms with Crippen LogP contribution in [-0.4, -0.2) is 34.6 Å². The quantitative estimate of drug-likeness (QED) is 0.723. The molecule has 2 aromatic heterocycles. The van der Waals surface area contributed by atoms with Gasteiger partial charge in [-0.15, -0.1) is 0 Å². The number of hydrogen-bond donors (Lipinski definition) is 2. The molecule has 6 nitrogen and oxygen atoms in total. The van der Waals surface area contributed by atoms with Crippen LogP contribution in [0.15, 0.2) is 16.9 Å². The Kier molecular flexibility index (Phi) is 3.16. The predicted octanol–water partition coefficient (Wildman–Crippen LogP) is 1.02. The van der Waals surface area contributed by atoms with E-state index in [9.17, 15) is 19.1 Å². The van der Waals surface area contributed by atoms with E-state index in [1.54, 1.807) is 10.5 Å². The highest BCUT2D eigenvalue weighted by atomic mass is 32.1. The Morgan fingerprint density at radius 1 is 1.46 bits per heavy atom. The van der Waals surface area contributed by atoms with E-state index in [4.69, 9.17) is 5.73 Å². The van der Waals surface area contributed by atoms with Crippen molar-refractivity contribution in [2.75, 3.05) is 18.0 Å². The third kappa shape index (κ3) is 1.96. The second-order valence-corrected chi connectivity index (χ2v) is 7.02. The van der Waals surface area contributed by atoms with Gasteiger partial charge in [0.2, 0.25) is 5.43 Å². The molecular formula is C16H14FN3O3S. The molecule has 1 aromatic carbocycles. The number of nitrogens with zero attached hydrogens (tertiary/aromatic N) is 2. The molecule has 0 bridgehead atoms. The van der Waals surface area contributed by atoms with Gasteiger partial charge in [0.15, 0.2) is 0 Å². The first-order valence-electron chi connectivity index (χ1n) is 7.41. The Labute approximate surface area is 139 Å². The smallest absolute Gasteiger partial charge is 0.342 e. The van der Waals surface area contributed by atoms with E-state index in [1.165, 1.54) is 0 Å². The molecule has 1 saturated heterocycles. The van der Waals surface area contributed by atoms with Crippen LogP contribution >= 0.6 is 11.3 Å². The first-order valence-corrected chi connectivity index (χ1v) is 8.23. The zero-order chi connectivity index (χ0) is 17.2. The first kappa shape index (κ1) is 15.1. The van der Waals surface area contributed by atoms with Crippen molar-refractivity contribution in [3.05, 3.63) is 38.4 Å². The number of aromatic nitrogens is 1. The van der Waals surface area contributed by atoms with Gasteiger partial charge in [0.1, 0.15) is 16.2 Å². The van der Waals surface area contributed by atoms with Crippen LogP contribution in [0.1, 0.15) is 16.8 Å². The summed E-state index contributed by atoms with van der Waals surface area (Å²) >= 11 is 1.14. The molecule has 3 aromatic rings. The molecular weight excluding hydrogens is 333 g/mol. The lowest BCUT2D eigenvalue weighted by molar-refractivity contribution is 0.0697. The lowest BCUT2D eigenvalue weighted by Crippen LogP contribution is -2.28. The molecule has 0 radical (unpaired) electrons. The highest BCUT2D eigenvalue weighted by Gasteiger charge is 2.26. The van der Waals surface area contributed by atoms with E-state index < -0.39 is 17.2 Å². The normalized spacial score (nSPS) is 18.1. The van der Waals surface area contributed by atoms with E-state index in [0.717, 1.165) is 23.8 Å². The summed E-state index contributed by atoms with van der Waals surface area (Å²) in [6.07, 6.45) is 0.774. The third-order valence-corrected chi connectivity index (χ3v) is 5.44. The van der Waals surface area contributed by atoms with Crippen molar-refractivity contribution >= 4 is 45.3 Å². The number of nitrogens with two attached hydrogens (primary N) is 1. The average molecular weight is 347 g/mol. The molecule has 8 heteroatoms. The highest BCUT2D eigenvalue weighted by molar-refractivity contribution is 7.17. The van der Waals surface area contributed by atoms with Crippen molar-refractivity contribution in [1.29, 1.82) is 0 Å². The van der Waals surface area contributed by atoms with Crippen LogP contribution in [0.5, 0.6) is 0 Å². The molecule has 1 aliphatic heterocycles. The van der Waals surface area contributed by atoms with Crippen molar-refractivity contribution in [1.82, 2.24) is 4.40 Å². The van der Waals surface area contributed by atoms with Crippen molar-refractivity contribution in [2.45, 2.75) is 12.5 Å².